The van der Waals surface area contributed by atoms with Crippen LogP contribution in [0.25, 0.3) is 22.3 Å². The summed E-state index contributed by atoms with van der Waals surface area (Å²) in [4.78, 5) is 30.5. The van der Waals surface area contributed by atoms with Crippen molar-refractivity contribution < 1.29 is 14.3 Å². The summed E-state index contributed by atoms with van der Waals surface area (Å²) in [5.74, 6) is 1.18. The number of benzene rings is 1. The first kappa shape index (κ1) is 23.4. The van der Waals surface area contributed by atoms with Gasteiger partial charge in [0.25, 0.3) is 0 Å². The number of anilines is 2. The molecule has 182 valence electrons. The van der Waals surface area contributed by atoms with Crippen molar-refractivity contribution in [3.8, 4) is 28.1 Å². The Labute approximate surface area is 208 Å². The van der Waals surface area contributed by atoms with Crippen LogP contribution in [0, 0.1) is 0 Å². The summed E-state index contributed by atoms with van der Waals surface area (Å²) in [6.45, 7) is 1.02. The summed E-state index contributed by atoms with van der Waals surface area (Å²) < 4.78 is 10.7. The zero-order valence-electron chi connectivity index (χ0n) is 19.8. The number of rotatable bonds is 6. The third kappa shape index (κ3) is 4.73. The number of nitrogens with two attached hydrogens (primary N) is 1. The number of carbonyl (C=O) groups is 1. The number of ether oxygens (including phenoxy) is 2. The first-order valence-electron chi connectivity index (χ1n) is 11.6. The largest absolute Gasteiger partial charge is 0.481 e. The summed E-state index contributed by atoms with van der Waals surface area (Å²) in [7, 11) is 1.58. The fourth-order valence-electron chi connectivity index (χ4n) is 4.38. The van der Waals surface area contributed by atoms with Crippen LogP contribution in [0.4, 0.5) is 11.8 Å². The molecule has 0 radical (unpaired) electrons. The van der Waals surface area contributed by atoms with Crippen molar-refractivity contribution in [3.05, 3.63) is 78.9 Å². The van der Waals surface area contributed by atoms with Crippen LogP contribution in [0.5, 0.6) is 5.88 Å². The molecule has 3 N–H and O–H groups in total. The second kappa shape index (κ2) is 10.1. The summed E-state index contributed by atoms with van der Waals surface area (Å²) in [6, 6.07) is 15.4. The van der Waals surface area contributed by atoms with Crippen LogP contribution < -0.4 is 15.8 Å². The van der Waals surface area contributed by atoms with E-state index >= 15 is 0 Å². The minimum absolute atomic E-state index is 0.0965. The van der Waals surface area contributed by atoms with Crippen molar-refractivity contribution in [1.29, 1.82) is 0 Å². The minimum Gasteiger partial charge on any atom is -0.481 e. The highest BCUT2D eigenvalue weighted by Crippen LogP contribution is 2.37. The summed E-state index contributed by atoms with van der Waals surface area (Å²) in [6.07, 6.45) is 7.99. The zero-order chi connectivity index (χ0) is 25.0. The third-order valence-electron chi connectivity index (χ3n) is 6.51. The fraction of sp³-hybridized carbons (Fsp3) is 0.222. The van der Waals surface area contributed by atoms with Crippen LogP contribution >= 0.6 is 0 Å². The number of carbonyl (C=O) groups excluding carboxylic acids is 1. The first-order valence-corrected chi connectivity index (χ1v) is 11.6. The molecule has 3 aromatic heterocycles. The van der Waals surface area contributed by atoms with Crippen LogP contribution in [-0.4, -0.2) is 46.2 Å². The lowest BCUT2D eigenvalue weighted by molar-refractivity contribution is -0.125. The number of nitrogens with zero attached hydrogens (tertiary/aromatic N) is 4. The van der Waals surface area contributed by atoms with Crippen molar-refractivity contribution in [2.24, 2.45) is 0 Å². The molecule has 0 atom stereocenters. The van der Waals surface area contributed by atoms with Gasteiger partial charge in [0.2, 0.25) is 17.7 Å². The van der Waals surface area contributed by atoms with E-state index in [1.807, 2.05) is 36.4 Å². The van der Waals surface area contributed by atoms with E-state index in [0.717, 1.165) is 27.8 Å². The zero-order valence-corrected chi connectivity index (χ0v) is 19.8. The van der Waals surface area contributed by atoms with Gasteiger partial charge in [-0.1, -0.05) is 24.3 Å². The normalized spacial score (nSPS) is 14.7. The molecule has 0 aliphatic carbocycles. The van der Waals surface area contributed by atoms with Crippen LogP contribution in [0.2, 0.25) is 0 Å². The molecule has 1 saturated heterocycles. The van der Waals surface area contributed by atoms with E-state index < -0.39 is 5.41 Å². The molecule has 1 aliphatic heterocycles. The maximum absolute atomic E-state index is 13.6. The highest BCUT2D eigenvalue weighted by atomic mass is 16.5. The molecule has 5 rings (SSSR count). The molecular weight excluding hydrogens is 456 g/mol. The molecule has 1 aliphatic rings. The average molecular weight is 483 g/mol. The average Bonchev–Trinajstić information content (AvgIpc) is 2.94. The number of hydrogen-bond donors (Lipinski definition) is 2. The van der Waals surface area contributed by atoms with Gasteiger partial charge in [0.15, 0.2) is 0 Å². The Balaban J connectivity index is 1.36. The highest BCUT2D eigenvalue weighted by molar-refractivity contribution is 5.99. The molecule has 9 heteroatoms. The van der Waals surface area contributed by atoms with E-state index in [2.05, 4.69) is 25.3 Å². The Bertz CT molecular complexity index is 1320. The van der Waals surface area contributed by atoms with Gasteiger partial charge in [0.05, 0.1) is 12.5 Å². The fourth-order valence-corrected chi connectivity index (χ4v) is 4.38. The quantitative estimate of drug-likeness (QED) is 0.424. The van der Waals surface area contributed by atoms with Crippen molar-refractivity contribution in [2.75, 3.05) is 31.4 Å². The van der Waals surface area contributed by atoms with E-state index in [1.54, 1.807) is 44.0 Å². The van der Waals surface area contributed by atoms with Gasteiger partial charge in [-0.05, 0) is 42.2 Å². The molecule has 1 fully saturated rings. The van der Waals surface area contributed by atoms with Crippen LogP contribution in [0.1, 0.15) is 18.4 Å². The number of methoxy groups -OCH3 is 1. The van der Waals surface area contributed by atoms with Crippen LogP contribution in [0.3, 0.4) is 0 Å². The number of pyridine rings is 2. The molecule has 36 heavy (non-hydrogen) atoms. The molecule has 1 aromatic carbocycles. The Morgan fingerprint density at radius 3 is 2.03 bits per heavy atom. The van der Waals surface area contributed by atoms with E-state index in [1.165, 1.54) is 0 Å². The highest BCUT2D eigenvalue weighted by Gasteiger charge is 2.42. The predicted octanol–water partition coefficient (Wildman–Crippen LogP) is 3.88. The smallest absolute Gasteiger partial charge is 0.236 e. The monoisotopic (exact) mass is 482 g/mol. The van der Waals surface area contributed by atoms with Gasteiger partial charge in [-0.25, -0.2) is 19.9 Å². The van der Waals surface area contributed by atoms with E-state index in [-0.39, 0.29) is 11.9 Å². The molecule has 4 heterocycles. The summed E-state index contributed by atoms with van der Waals surface area (Å²) in [5.41, 5.74) is 9.43. The molecule has 0 spiro atoms. The van der Waals surface area contributed by atoms with Crippen molar-refractivity contribution in [1.82, 2.24) is 19.9 Å². The molecular formula is C27H26N6O3. The number of nitrogens with one attached hydrogen (secondary N) is 1. The SMILES string of the molecule is COc1ccc(-c2ccc(NC(=O)C3(c4ccc(-c5cnc(N)nc5)cc4)CCOCC3)nc2)cn1. The van der Waals surface area contributed by atoms with E-state index in [9.17, 15) is 4.79 Å². The minimum atomic E-state index is -0.714. The Morgan fingerprint density at radius 1 is 0.833 bits per heavy atom. The molecule has 0 unspecified atom stereocenters. The maximum Gasteiger partial charge on any atom is 0.236 e. The lowest BCUT2D eigenvalue weighted by atomic mass is 9.73. The van der Waals surface area contributed by atoms with Crippen LogP contribution in [0.15, 0.2) is 73.3 Å². The second-order valence-electron chi connectivity index (χ2n) is 8.58. The Hall–Kier alpha value is -4.37. The molecule has 0 saturated carbocycles. The number of aromatic nitrogens is 4. The van der Waals surface area contributed by atoms with Gasteiger partial charge >= 0.3 is 0 Å². The van der Waals surface area contributed by atoms with Crippen molar-refractivity contribution >= 4 is 17.7 Å². The molecule has 4 aromatic rings. The number of amides is 1. The Kier molecular flexibility index (Phi) is 6.55. The molecule has 1 amide bonds. The van der Waals surface area contributed by atoms with Gasteiger partial charge in [-0.15, -0.1) is 0 Å². The van der Waals surface area contributed by atoms with Gasteiger partial charge in [0, 0.05) is 60.8 Å². The van der Waals surface area contributed by atoms with Crippen molar-refractivity contribution in [3.63, 3.8) is 0 Å². The van der Waals surface area contributed by atoms with Crippen molar-refractivity contribution in [2.45, 2.75) is 18.3 Å². The lowest BCUT2D eigenvalue weighted by Gasteiger charge is -2.36. The lowest BCUT2D eigenvalue weighted by Crippen LogP contribution is -2.45. The third-order valence-corrected chi connectivity index (χ3v) is 6.51. The van der Waals surface area contributed by atoms with E-state index in [4.69, 9.17) is 15.2 Å². The summed E-state index contributed by atoms with van der Waals surface area (Å²) >= 11 is 0. The number of hydrogen-bond acceptors (Lipinski definition) is 8. The standard InChI is InChI=1S/C27H26N6O3/c1-35-24-9-5-20(15-30-24)19-4-8-23(29-14-19)33-25(34)27(10-12-36-13-11-27)22-6-2-18(3-7-22)21-16-31-26(28)32-17-21/h2-9,14-17H,10-13H2,1H3,(H2,28,31,32)(H,29,33,34). The van der Waals surface area contributed by atoms with Gasteiger partial charge in [-0.2, -0.15) is 0 Å². The molecule has 9 nitrogen and oxygen atoms in total. The summed E-state index contributed by atoms with van der Waals surface area (Å²) in [5, 5.41) is 3.03. The predicted molar refractivity (Wildman–Crippen MR) is 136 cm³/mol. The van der Waals surface area contributed by atoms with Gasteiger partial charge in [-0.3, -0.25) is 4.79 Å². The van der Waals surface area contributed by atoms with Gasteiger partial charge in [0.1, 0.15) is 5.82 Å². The molecule has 0 bridgehead atoms. The number of nitrogen functional groups attached to an aromatic ring is 1. The first-order chi connectivity index (χ1) is 17.6. The Morgan fingerprint density at radius 2 is 1.44 bits per heavy atom. The maximum atomic E-state index is 13.6. The van der Waals surface area contributed by atoms with Crippen LogP contribution in [-0.2, 0) is 14.9 Å². The van der Waals surface area contributed by atoms with Gasteiger partial charge < -0.3 is 20.5 Å². The van der Waals surface area contributed by atoms with E-state index in [0.29, 0.717) is 37.8 Å². The second-order valence-corrected chi connectivity index (χ2v) is 8.58. The topological polar surface area (TPSA) is 125 Å².